The molecule has 0 spiro atoms. The van der Waals surface area contributed by atoms with E-state index in [-0.39, 0.29) is 18.1 Å². The van der Waals surface area contributed by atoms with Gasteiger partial charge in [-0.15, -0.1) is 0 Å². The number of hydrazone groups is 1. The number of hydrogen-bond donors (Lipinski definition) is 1. The lowest BCUT2D eigenvalue weighted by molar-refractivity contribution is -0.120. The first-order valence-corrected chi connectivity index (χ1v) is 6.80. The van der Waals surface area contributed by atoms with Crippen LogP contribution in [0.5, 0.6) is 5.75 Å². The molecule has 0 saturated heterocycles. The summed E-state index contributed by atoms with van der Waals surface area (Å²) in [5, 5.41) is 4.02. The molecule has 1 N–H and O–H groups in total. The highest BCUT2D eigenvalue weighted by atomic mass is 19.1. The zero-order valence-electron chi connectivity index (χ0n) is 12.5. The van der Waals surface area contributed by atoms with Gasteiger partial charge in [0.1, 0.15) is 11.6 Å². The highest BCUT2D eigenvalue weighted by Gasteiger charge is 2.04. The molecule has 0 unspecified atom stereocenters. The lowest BCUT2D eigenvalue weighted by atomic mass is 10.1. The Balaban J connectivity index is 1.93. The van der Waals surface area contributed by atoms with Gasteiger partial charge < -0.3 is 4.74 Å². The van der Waals surface area contributed by atoms with Crippen LogP contribution in [0, 0.1) is 5.82 Å². The molecule has 5 heteroatoms. The Bertz CT molecular complexity index is 664. The van der Waals surface area contributed by atoms with Gasteiger partial charge in [-0.2, -0.15) is 5.10 Å². The van der Waals surface area contributed by atoms with Gasteiger partial charge in [0.05, 0.1) is 19.2 Å². The zero-order valence-corrected chi connectivity index (χ0v) is 12.5. The second-order valence-corrected chi connectivity index (χ2v) is 4.76. The maximum absolute atomic E-state index is 12.8. The molecule has 4 nitrogen and oxygen atoms in total. The zero-order chi connectivity index (χ0) is 15.9. The van der Waals surface area contributed by atoms with Crippen LogP contribution in [-0.2, 0) is 11.2 Å². The number of benzene rings is 2. The summed E-state index contributed by atoms with van der Waals surface area (Å²) in [5.74, 6) is 0.223. The molecule has 1 amide bonds. The molecule has 0 radical (unpaired) electrons. The van der Waals surface area contributed by atoms with E-state index in [1.54, 1.807) is 38.3 Å². The molecule has 2 aromatic carbocycles. The third kappa shape index (κ3) is 4.41. The summed E-state index contributed by atoms with van der Waals surface area (Å²) in [6, 6.07) is 13.2. The van der Waals surface area contributed by atoms with E-state index in [1.165, 1.54) is 12.1 Å². The summed E-state index contributed by atoms with van der Waals surface area (Å²) in [4.78, 5) is 11.8. The normalized spacial score (nSPS) is 11.1. The van der Waals surface area contributed by atoms with Crippen molar-refractivity contribution in [3.63, 3.8) is 0 Å². The Morgan fingerprint density at radius 3 is 2.36 bits per heavy atom. The quantitative estimate of drug-likeness (QED) is 0.682. The molecule has 0 aliphatic heterocycles. The van der Waals surface area contributed by atoms with Gasteiger partial charge in [0, 0.05) is 0 Å². The van der Waals surface area contributed by atoms with Gasteiger partial charge in [0.15, 0.2) is 0 Å². The summed E-state index contributed by atoms with van der Waals surface area (Å²) in [7, 11) is 1.59. The van der Waals surface area contributed by atoms with Crippen molar-refractivity contribution in [3.8, 4) is 5.75 Å². The fraction of sp³-hybridized carbons (Fsp3) is 0.176. The summed E-state index contributed by atoms with van der Waals surface area (Å²) in [5.41, 5.74) is 4.73. The number of ether oxygens (including phenoxy) is 1. The van der Waals surface area contributed by atoms with E-state index in [0.717, 1.165) is 16.9 Å². The molecule has 2 aromatic rings. The topological polar surface area (TPSA) is 50.7 Å². The van der Waals surface area contributed by atoms with E-state index >= 15 is 0 Å². The minimum atomic E-state index is -0.305. The molecule has 0 aliphatic carbocycles. The molecule has 0 aromatic heterocycles. The van der Waals surface area contributed by atoms with Crippen LogP contribution in [0.25, 0.3) is 0 Å². The van der Waals surface area contributed by atoms with Crippen molar-refractivity contribution >= 4 is 11.6 Å². The van der Waals surface area contributed by atoms with Crippen molar-refractivity contribution in [2.75, 3.05) is 7.11 Å². The first-order valence-electron chi connectivity index (χ1n) is 6.80. The van der Waals surface area contributed by atoms with Crippen LogP contribution in [-0.4, -0.2) is 18.7 Å². The largest absolute Gasteiger partial charge is 0.497 e. The number of carbonyl (C=O) groups excluding carboxylic acids is 1. The summed E-state index contributed by atoms with van der Waals surface area (Å²) in [6.45, 7) is 1.75. The van der Waals surface area contributed by atoms with Crippen LogP contribution in [0.1, 0.15) is 18.1 Å². The number of hydrogen-bond acceptors (Lipinski definition) is 3. The summed E-state index contributed by atoms with van der Waals surface area (Å²) < 4.78 is 17.9. The fourth-order valence-electron chi connectivity index (χ4n) is 1.87. The molecule has 114 valence electrons. The lowest BCUT2D eigenvalue weighted by Gasteiger charge is -2.04. The molecule has 0 heterocycles. The first kappa shape index (κ1) is 15.7. The minimum Gasteiger partial charge on any atom is -0.497 e. The molecule has 0 bridgehead atoms. The van der Waals surface area contributed by atoms with Crippen LogP contribution < -0.4 is 10.2 Å². The van der Waals surface area contributed by atoms with Crippen LogP contribution in [0.15, 0.2) is 53.6 Å². The Morgan fingerprint density at radius 1 is 1.14 bits per heavy atom. The highest BCUT2D eigenvalue weighted by Crippen LogP contribution is 2.11. The Morgan fingerprint density at radius 2 is 1.77 bits per heavy atom. The van der Waals surface area contributed by atoms with Crippen molar-refractivity contribution in [1.29, 1.82) is 0 Å². The van der Waals surface area contributed by atoms with Crippen LogP contribution in [0.2, 0.25) is 0 Å². The average molecular weight is 300 g/mol. The predicted octanol–water partition coefficient (Wildman–Crippen LogP) is 2.92. The third-order valence-electron chi connectivity index (χ3n) is 3.13. The Kier molecular flexibility index (Phi) is 5.25. The Labute approximate surface area is 128 Å². The lowest BCUT2D eigenvalue weighted by Crippen LogP contribution is -2.21. The first-order chi connectivity index (χ1) is 10.6. The van der Waals surface area contributed by atoms with Crippen molar-refractivity contribution in [2.24, 2.45) is 5.10 Å². The van der Waals surface area contributed by atoms with Gasteiger partial charge in [0.2, 0.25) is 5.91 Å². The molecule has 2 rings (SSSR count). The highest BCUT2D eigenvalue weighted by molar-refractivity contribution is 5.99. The van der Waals surface area contributed by atoms with Gasteiger partial charge in [-0.3, -0.25) is 4.79 Å². The number of nitrogens with one attached hydrogen (secondary N) is 1. The molecule has 0 saturated carbocycles. The molecule has 22 heavy (non-hydrogen) atoms. The summed E-state index contributed by atoms with van der Waals surface area (Å²) in [6.07, 6.45) is 0.226. The standard InChI is InChI=1S/C17H17FN2O2/c1-12(14-5-7-15(18)8-6-14)19-20-17(21)11-13-3-9-16(22-2)10-4-13/h3-10H,11H2,1-2H3,(H,20,21)/b19-12-. The maximum atomic E-state index is 12.8. The van der Waals surface area contributed by atoms with E-state index in [2.05, 4.69) is 10.5 Å². The molecule has 0 atom stereocenters. The molecule has 0 aliphatic rings. The number of rotatable bonds is 5. The van der Waals surface area contributed by atoms with Gasteiger partial charge >= 0.3 is 0 Å². The van der Waals surface area contributed by atoms with Crippen molar-refractivity contribution in [2.45, 2.75) is 13.3 Å². The van der Waals surface area contributed by atoms with Crippen LogP contribution in [0.3, 0.4) is 0 Å². The maximum Gasteiger partial charge on any atom is 0.244 e. The van der Waals surface area contributed by atoms with Crippen molar-refractivity contribution in [1.82, 2.24) is 5.43 Å². The SMILES string of the molecule is COc1ccc(CC(=O)N/N=C(/C)c2ccc(F)cc2)cc1. The van der Waals surface area contributed by atoms with E-state index in [0.29, 0.717) is 5.71 Å². The fourth-order valence-corrected chi connectivity index (χ4v) is 1.87. The van der Waals surface area contributed by atoms with Gasteiger partial charge in [0.25, 0.3) is 0 Å². The van der Waals surface area contributed by atoms with E-state index < -0.39 is 0 Å². The average Bonchev–Trinajstić information content (AvgIpc) is 2.54. The van der Waals surface area contributed by atoms with Crippen LogP contribution >= 0.6 is 0 Å². The van der Waals surface area contributed by atoms with E-state index in [4.69, 9.17) is 4.74 Å². The summed E-state index contributed by atoms with van der Waals surface area (Å²) >= 11 is 0. The number of methoxy groups -OCH3 is 1. The minimum absolute atomic E-state index is 0.216. The molecule has 0 fully saturated rings. The van der Waals surface area contributed by atoms with Crippen molar-refractivity contribution < 1.29 is 13.9 Å². The second kappa shape index (κ2) is 7.36. The van der Waals surface area contributed by atoms with E-state index in [1.807, 2.05) is 12.1 Å². The number of carbonyl (C=O) groups is 1. The second-order valence-electron chi connectivity index (χ2n) is 4.76. The predicted molar refractivity (Wildman–Crippen MR) is 83.5 cm³/mol. The van der Waals surface area contributed by atoms with Crippen LogP contribution in [0.4, 0.5) is 4.39 Å². The van der Waals surface area contributed by atoms with Gasteiger partial charge in [-0.25, -0.2) is 9.82 Å². The van der Waals surface area contributed by atoms with Crippen molar-refractivity contribution in [3.05, 3.63) is 65.5 Å². The number of halogens is 1. The Hall–Kier alpha value is -2.69. The molecular weight excluding hydrogens is 283 g/mol. The third-order valence-corrected chi connectivity index (χ3v) is 3.13. The molecular formula is C17H17FN2O2. The number of amides is 1. The van der Waals surface area contributed by atoms with E-state index in [9.17, 15) is 9.18 Å². The smallest absolute Gasteiger partial charge is 0.244 e. The van der Waals surface area contributed by atoms with Gasteiger partial charge in [-0.1, -0.05) is 24.3 Å². The van der Waals surface area contributed by atoms with Gasteiger partial charge in [-0.05, 0) is 42.3 Å². The monoisotopic (exact) mass is 300 g/mol. The number of nitrogens with zero attached hydrogens (tertiary/aromatic N) is 1.